The van der Waals surface area contributed by atoms with E-state index in [1.165, 1.54) is 0 Å². The van der Waals surface area contributed by atoms with Gasteiger partial charge in [0, 0.05) is 47.5 Å². The van der Waals surface area contributed by atoms with Crippen LogP contribution in [-0.2, 0) is 32.2 Å². The summed E-state index contributed by atoms with van der Waals surface area (Å²) in [5, 5.41) is 0.983. The Morgan fingerprint density at radius 3 is 1.40 bits per heavy atom. The molecule has 0 fully saturated rings. The van der Waals surface area contributed by atoms with E-state index in [9.17, 15) is 27.2 Å². The highest BCUT2D eigenvalue weighted by atomic mass is 19.2. The predicted molar refractivity (Wildman–Crippen MR) is 140 cm³/mol. The molecule has 2 heterocycles. The van der Waals surface area contributed by atoms with Gasteiger partial charge in [-0.3, -0.25) is 9.80 Å². The molecule has 0 amide bonds. The number of likely N-dealkylation sites (N-methyl/N-ethyl adjacent to an activating group) is 2. The molecule has 0 saturated heterocycles. The van der Waals surface area contributed by atoms with E-state index in [4.69, 9.17) is 9.47 Å². The van der Waals surface area contributed by atoms with E-state index < -0.39 is 47.7 Å². The maximum Gasteiger partial charge on any atom is 0.332 e. The molecule has 212 valence electrons. The summed E-state index contributed by atoms with van der Waals surface area (Å²) in [5.74, 6) is -5.54. The number of rotatable bonds is 10. The summed E-state index contributed by atoms with van der Waals surface area (Å²) in [6, 6.07) is 7.56. The van der Waals surface area contributed by atoms with E-state index >= 15 is 0 Å². The zero-order chi connectivity index (χ0) is 29.1. The maximum atomic E-state index is 13.8. The second-order valence-electron chi connectivity index (χ2n) is 9.63. The van der Waals surface area contributed by atoms with Crippen LogP contribution >= 0.6 is 0 Å². The molecular formula is C28H28F4N4O4. The second-order valence-corrected chi connectivity index (χ2v) is 9.63. The summed E-state index contributed by atoms with van der Waals surface area (Å²) < 4.78 is 68.8. The van der Waals surface area contributed by atoms with Gasteiger partial charge in [-0.15, -0.1) is 0 Å². The van der Waals surface area contributed by atoms with Crippen LogP contribution in [0.4, 0.5) is 17.6 Å². The minimum Gasteiger partial charge on any atom is -0.441 e. The van der Waals surface area contributed by atoms with Gasteiger partial charge in [0.2, 0.25) is 0 Å². The average molecular weight is 561 g/mol. The number of carbonyl (C=O) groups excluding carboxylic acids is 2. The van der Waals surface area contributed by atoms with E-state index in [-0.39, 0.29) is 13.1 Å². The monoisotopic (exact) mass is 560 g/mol. The van der Waals surface area contributed by atoms with Crippen LogP contribution in [0.1, 0.15) is 0 Å². The molecule has 0 bridgehead atoms. The molecule has 0 radical (unpaired) electrons. The second kappa shape index (κ2) is 11.9. The van der Waals surface area contributed by atoms with Crippen molar-refractivity contribution in [1.82, 2.24) is 18.9 Å². The largest absolute Gasteiger partial charge is 0.441 e. The lowest BCUT2D eigenvalue weighted by molar-refractivity contribution is -0.154. The SMILES string of the molecule is CN(C)C(Cn1ccc2cc(F)c(F)cc21)OC(=O)/C=C/C(=O)OC(Cn1ccc2cc(F)c(F)cc21)N(C)C. The van der Waals surface area contributed by atoms with Crippen LogP contribution in [-0.4, -0.2) is 71.5 Å². The van der Waals surface area contributed by atoms with Crippen LogP contribution in [0, 0.1) is 23.3 Å². The molecule has 8 nitrogen and oxygen atoms in total. The first-order chi connectivity index (χ1) is 18.9. The number of esters is 2. The first kappa shape index (κ1) is 28.8. The number of ether oxygens (including phenoxy) is 2. The standard InChI is InChI=1S/C28H28F4N4O4/c1-33(2)25(15-35-9-7-17-11-19(29)21(31)13-23(17)35)39-27(37)5-6-28(38)40-26(34(3)4)16-36-10-8-18-12-20(30)22(32)14-24(18)36/h5-14,25-26H,15-16H2,1-4H3/b6-5+. The Bertz CT molecular complexity index is 1460. The van der Waals surface area contributed by atoms with Gasteiger partial charge in [-0.05, 0) is 52.5 Å². The summed E-state index contributed by atoms with van der Waals surface area (Å²) >= 11 is 0. The molecule has 0 spiro atoms. The van der Waals surface area contributed by atoms with Gasteiger partial charge in [-0.25, -0.2) is 27.2 Å². The smallest absolute Gasteiger partial charge is 0.332 e. The molecule has 4 rings (SSSR count). The molecule has 0 N–H and O–H groups in total. The lowest BCUT2D eigenvalue weighted by Crippen LogP contribution is -2.36. The van der Waals surface area contributed by atoms with Gasteiger partial charge < -0.3 is 18.6 Å². The zero-order valence-electron chi connectivity index (χ0n) is 22.3. The molecule has 0 saturated carbocycles. The number of hydrogen-bond donors (Lipinski definition) is 0. The summed E-state index contributed by atoms with van der Waals surface area (Å²) in [6.45, 7) is 0.229. The first-order valence-electron chi connectivity index (χ1n) is 12.2. The van der Waals surface area contributed by atoms with Gasteiger partial charge >= 0.3 is 11.9 Å². The van der Waals surface area contributed by atoms with Gasteiger partial charge in [-0.1, -0.05) is 0 Å². The van der Waals surface area contributed by atoms with E-state index in [1.54, 1.807) is 71.7 Å². The third kappa shape index (κ3) is 6.52. The quantitative estimate of drug-likeness (QED) is 0.125. The zero-order valence-corrected chi connectivity index (χ0v) is 22.3. The number of carbonyl (C=O) groups is 2. The minimum atomic E-state index is -0.991. The maximum absolute atomic E-state index is 13.8. The third-order valence-corrected chi connectivity index (χ3v) is 6.34. The molecule has 0 aliphatic heterocycles. The highest BCUT2D eigenvalue weighted by molar-refractivity contribution is 5.91. The Kier molecular flexibility index (Phi) is 8.60. The number of benzene rings is 2. The Balaban J connectivity index is 1.39. The number of aromatic nitrogens is 2. The lowest BCUT2D eigenvalue weighted by Gasteiger charge is -2.25. The fourth-order valence-electron chi connectivity index (χ4n) is 4.12. The Morgan fingerprint density at radius 1 is 0.700 bits per heavy atom. The van der Waals surface area contributed by atoms with Crippen molar-refractivity contribution >= 4 is 33.7 Å². The van der Waals surface area contributed by atoms with Gasteiger partial charge in [0.15, 0.2) is 35.7 Å². The third-order valence-electron chi connectivity index (χ3n) is 6.34. The number of nitrogens with zero attached hydrogens (tertiary/aromatic N) is 4. The molecule has 0 aliphatic rings. The van der Waals surface area contributed by atoms with E-state index in [2.05, 4.69) is 0 Å². The van der Waals surface area contributed by atoms with Crippen molar-refractivity contribution in [2.45, 2.75) is 25.5 Å². The van der Waals surface area contributed by atoms with Crippen molar-refractivity contribution < 1.29 is 36.6 Å². The molecule has 2 aromatic carbocycles. The number of fused-ring (bicyclic) bond motifs is 2. The van der Waals surface area contributed by atoms with Crippen molar-refractivity contribution in [2.24, 2.45) is 0 Å². The van der Waals surface area contributed by atoms with Gasteiger partial charge in [0.25, 0.3) is 0 Å². The summed E-state index contributed by atoms with van der Waals surface area (Å²) in [5.41, 5.74) is 0.859. The predicted octanol–water partition coefficient (Wildman–Crippen LogP) is 4.27. The summed E-state index contributed by atoms with van der Waals surface area (Å²) in [6.07, 6.45) is 3.52. The van der Waals surface area contributed by atoms with Crippen LogP contribution in [0.5, 0.6) is 0 Å². The molecule has 2 aromatic heterocycles. The number of hydrogen-bond acceptors (Lipinski definition) is 6. The van der Waals surface area contributed by atoms with Crippen molar-refractivity contribution in [3.05, 3.63) is 84.2 Å². The minimum absolute atomic E-state index is 0.115. The van der Waals surface area contributed by atoms with E-state index in [0.29, 0.717) is 21.8 Å². The van der Waals surface area contributed by atoms with Crippen molar-refractivity contribution in [3.8, 4) is 0 Å². The van der Waals surface area contributed by atoms with Crippen LogP contribution in [0.2, 0.25) is 0 Å². The Hall–Kier alpha value is -4.16. The fourth-order valence-corrected chi connectivity index (χ4v) is 4.12. The van der Waals surface area contributed by atoms with Crippen LogP contribution in [0.15, 0.2) is 60.9 Å². The molecule has 40 heavy (non-hydrogen) atoms. The highest BCUT2D eigenvalue weighted by Gasteiger charge is 2.20. The van der Waals surface area contributed by atoms with Crippen molar-refractivity contribution in [1.29, 1.82) is 0 Å². The molecule has 2 unspecified atom stereocenters. The normalized spacial score (nSPS) is 13.6. The van der Waals surface area contributed by atoms with Crippen molar-refractivity contribution in [2.75, 3.05) is 28.2 Å². The van der Waals surface area contributed by atoms with Gasteiger partial charge in [0.05, 0.1) is 24.1 Å². The van der Waals surface area contributed by atoms with E-state index in [0.717, 1.165) is 36.4 Å². The highest BCUT2D eigenvalue weighted by Crippen LogP contribution is 2.22. The number of halogens is 4. The van der Waals surface area contributed by atoms with Gasteiger partial charge in [0.1, 0.15) is 0 Å². The average Bonchev–Trinajstić information content (AvgIpc) is 3.45. The summed E-state index contributed by atoms with van der Waals surface area (Å²) in [7, 11) is 6.70. The Labute approximate surface area is 227 Å². The Morgan fingerprint density at radius 2 is 1.05 bits per heavy atom. The van der Waals surface area contributed by atoms with Crippen LogP contribution in [0.25, 0.3) is 21.8 Å². The van der Waals surface area contributed by atoms with E-state index in [1.807, 2.05) is 0 Å². The van der Waals surface area contributed by atoms with Crippen molar-refractivity contribution in [3.63, 3.8) is 0 Å². The van der Waals surface area contributed by atoms with Crippen LogP contribution in [0.3, 0.4) is 0 Å². The topological polar surface area (TPSA) is 68.9 Å². The summed E-state index contributed by atoms with van der Waals surface area (Å²) in [4.78, 5) is 28.2. The first-order valence-corrected chi connectivity index (χ1v) is 12.2. The van der Waals surface area contributed by atoms with Gasteiger partial charge in [-0.2, -0.15) is 0 Å². The molecular weight excluding hydrogens is 532 g/mol. The molecule has 0 aliphatic carbocycles. The van der Waals surface area contributed by atoms with Crippen LogP contribution < -0.4 is 0 Å². The fraction of sp³-hybridized carbons (Fsp3) is 0.286. The molecule has 4 aromatic rings. The molecule has 2 atom stereocenters. The molecule has 12 heteroatoms. The lowest BCUT2D eigenvalue weighted by atomic mass is 10.2.